The average molecular weight is 296 g/mol. The molecule has 2 bridgehead atoms. The summed E-state index contributed by atoms with van der Waals surface area (Å²) in [6.07, 6.45) is 10.6. The molecule has 5 heteroatoms. The minimum absolute atomic E-state index is 0.0997. The average Bonchev–Trinajstić information content (AvgIpc) is 2.86. The Hall–Kier alpha value is -2.01. The lowest BCUT2D eigenvalue weighted by atomic mass is 9.89. The van der Waals surface area contributed by atoms with Crippen LogP contribution in [0.1, 0.15) is 32.1 Å². The summed E-state index contributed by atoms with van der Waals surface area (Å²) >= 11 is 0. The van der Waals surface area contributed by atoms with E-state index in [2.05, 4.69) is 20.6 Å². The zero-order valence-electron chi connectivity index (χ0n) is 12.5. The molecule has 2 atom stereocenters. The molecule has 2 N–H and O–H groups in total. The molecule has 4 rings (SSSR count). The minimum atomic E-state index is 0.0997. The number of rotatable bonds is 3. The summed E-state index contributed by atoms with van der Waals surface area (Å²) in [6, 6.07) is 4.95. The van der Waals surface area contributed by atoms with Crippen molar-refractivity contribution in [2.24, 2.45) is 5.92 Å². The van der Waals surface area contributed by atoms with Crippen molar-refractivity contribution in [2.45, 2.75) is 44.2 Å². The van der Waals surface area contributed by atoms with Gasteiger partial charge in [0, 0.05) is 42.5 Å². The molecule has 2 fully saturated rings. The van der Waals surface area contributed by atoms with Gasteiger partial charge in [-0.2, -0.15) is 0 Å². The Labute approximate surface area is 129 Å². The van der Waals surface area contributed by atoms with Crippen LogP contribution in [-0.2, 0) is 4.79 Å². The third-order valence-corrected chi connectivity index (χ3v) is 4.86. The minimum Gasteiger partial charge on any atom is -0.325 e. The molecule has 0 saturated carbocycles. The second-order valence-corrected chi connectivity index (χ2v) is 6.48. The molecule has 22 heavy (non-hydrogen) atoms. The summed E-state index contributed by atoms with van der Waals surface area (Å²) in [7, 11) is 0. The number of hydrogen-bond donors (Lipinski definition) is 2. The maximum Gasteiger partial charge on any atom is 0.224 e. The van der Waals surface area contributed by atoms with Crippen LogP contribution in [0.5, 0.6) is 0 Å². The number of carbonyl (C=O) groups excluding carboxylic acids is 1. The van der Waals surface area contributed by atoms with Crippen molar-refractivity contribution in [3.8, 4) is 0 Å². The molecule has 0 aliphatic carbocycles. The van der Waals surface area contributed by atoms with Crippen LogP contribution < -0.4 is 10.6 Å². The van der Waals surface area contributed by atoms with Gasteiger partial charge in [0.2, 0.25) is 5.91 Å². The summed E-state index contributed by atoms with van der Waals surface area (Å²) in [6.45, 7) is 0. The van der Waals surface area contributed by atoms with Crippen LogP contribution in [0.25, 0.3) is 10.9 Å². The number of hydrogen-bond acceptors (Lipinski definition) is 4. The number of fused-ring (bicyclic) bond motifs is 3. The third-order valence-electron chi connectivity index (χ3n) is 4.86. The van der Waals surface area contributed by atoms with E-state index in [-0.39, 0.29) is 5.91 Å². The highest BCUT2D eigenvalue weighted by Gasteiger charge is 2.34. The Morgan fingerprint density at radius 3 is 2.86 bits per heavy atom. The fourth-order valence-electron chi connectivity index (χ4n) is 3.90. The van der Waals surface area contributed by atoms with Gasteiger partial charge in [-0.1, -0.05) is 0 Å². The first-order valence-corrected chi connectivity index (χ1v) is 8.02. The van der Waals surface area contributed by atoms with Gasteiger partial charge in [-0.3, -0.25) is 14.8 Å². The number of carbonyl (C=O) groups is 1. The molecule has 2 aromatic rings. The van der Waals surface area contributed by atoms with Gasteiger partial charge >= 0.3 is 0 Å². The molecule has 2 aromatic heterocycles. The number of aromatic nitrogens is 2. The number of anilines is 1. The highest BCUT2D eigenvalue weighted by Crippen LogP contribution is 2.33. The summed E-state index contributed by atoms with van der Waals surface area (Å²) in [5.41, 5.74) is 1.66. The van der Waals surface area contributed by atoms with Crippen LogP contribution in [-0.4, -0.2) is 28.0 Å². The SMILES string of the molecule is O=C(CC1CC2CCC(C1)N2)Nc1ccnc2ccncc12. The number of nitrogens with zero attached hydrogens (tertiary/aromatic N) is 2. The first-order chi connectivity index (χ1) is 10.8. The molecule has 2 saturated heterocycles. The first-order valence-electron chi connectivity index (χ1n) is 8.02. The van der Waals surface area contributed by atoms with Crippen molar-refractivity contribution in [3.05, 3.63) is 30.7 Å². The lowest BCUT2D eigenvalue weighted by Gasteiger charge is -2.28. The number of nitrogens with one attached hydrogen (secondary N) is 2. The van der Waals surface area contributed by atoms with Gasteiger partial charge in [0.1, 0.15) is 0 Å². The summed E-state index contributed by atoms with van der Waals surface area (Å²) in [4.78, 5) is 20.8. The largest absolute Gasteiger partial charge is 0.325 e. The molecule has 2 unspecified atom stereocenters. The molecule has 1 amide bonds. The van der Waals surface area contributed by atoms with Gasteiger partial charge in [0.05, 0.1) is 11.2 Å². The van der Waals surface area contributed by atoms with Gasteiger partial charge in [-0.05, 0) is 43.7 Å². The molecule has 2 aliphatic heterocycles. The van der Waals surface area contributed by atoms with Crippen molar-refractivity contribution in [1.29, 1.82) is 0 Å². The number of amides is 1. The summed E-state index contributed by atoms with van der Waals surface area (Å²) in [5, 5.41) is 7.55. The van der Waals surface area contributed by atoms with Gasteiger partial charge in [-0.15, -0.1) is 0 Å². The molecule has 0 aromatic carbocycles. The van der Waals surface area contributed by atoms with E-state index >= 15 is 0 Å². The van der Waals surface area contributed by atoms with Gasteiger partial charge in [0.25, 0.3) is 0 Å². The Bertz CT molecular complexity index is 685. The fraction of sp³-hybridized carbons (Fsp3) is 0.471. The van der Waals surface area contributed by atoms with E-state index in [1.165, 1.54) is 12.8 Å². The van der Waals surface area contributed by atoms with Crippen LogP contribution in [0.3, 0.4) is 0 Å². The standard InChI is InChI=1S/C17H20N4O/c22-17(9-11-7-12-1-2-13(8-11)20-12)21-16-4-6-19-15-3-5-18-10-14(15)16/h3-6,10-13,20H,1-2,7-9H2,(H,19,21,22). The second-order valence-electron chi connectivity index (χ2n) is 6.48. The van der Waals surface area contributed by atoms with E-state index in [4.69, 9.17) is 0 Å². The highest BCUT2D eigenvalue weighted by molar-refractivity contribution is 6.00. The zero-order chi connectivity index (χ0) is 14.9. The maximum atomic E-state index is 12.4. The van der Waals surface area contributed by atoms with E-state index in [9.17, 15) is 4.79 Å². The highest BCUT2D eigenvalue weighted by atomic mass is 16.1. The van der Waals surface area contributed by atoms with Crippen LogP contribution in [0.4, 0.5) is 5.69 Å². The molecule has 5 nitrogen and oxygen atoms in total. The number of piperidine rings is 1. The molecule has 4 heterocycles. The second kappa shape index (κ2) is 5.65. The predicted molar refractivity (Wildman–Crippen MR) is 85.5 cm³/mol. The Morgan fingerprint density at radius 2 is 2.05 bits per heavy atom. The van der Waals surface area contributed by atoms with Gasteiger partial charge < -0.3 is 10.6 Å². The topological polar surface area (TPSA) is 66.9 Å². The molecule has 0 radical (unpaired) electrons. The van der Waals surface area contributed by atoms with Crippen molar-refractivity contribution in [2.75, 3.05) is 5.32 Å². The monoisotopic (exact) mass is 296 g/mol. The normalized spacial score (nSPS) is 27.0. The van der Waals surface area contributed by atoms with Crippen LogP contribution >= 0.6 is 0 Å². The van der Waals surface area contributed by atoms with Gasteiger partial charge in [-0.25, -0.2) is 0 Å². The molecular weight excluding hydrogens is 276 g/mol. The quantitative estimate of drug-likeness (QED) is 0.913. The zero-order valence-corrected chi connectivity index (χ0v) is 12.5. The lowest BCUT2D eigenvalue weighted by Crippen LogP contribution is -2.39. The summed E-state index contributed by atoms with van der Waals surface area (Å²) < 4.78 is 0. The van der Waals surface area contributed by atoms with Crippen LogP contribution in [0, 0.1) is 5.92 Å². The van der Waals surface area contributed by atoms with Crippen molar-refractivity contribution in [1.82, 2.24) is 15.3 Å². The lowest BCUT2D eigenvalue weighted by molar-refractivity contribution is -0.117. The van der Waals surface area contributed by atoms with E-state index in [1.807, 2.05) is 12.1 Å². The maximum absolute atomic E-state index is 12.4. The predicted octanol–water partition coefficient (Wildman–Crippen LogP) is 2.49. The van der Waals surface area contributed by atoms with Crippen molar-refractivity contribution >= 4 is 22.5 Å². The summed E-state index contributed by atoms with van der Waals surface area (Å²) in [5.74, 6) is 0.604. The van der Waals surface area contributed by atoms with E-state index in [0.717, 1.165) is 29.4 Å². The first kappa shape index (κ1) is 13.6. The van der Waals surface area contributed by atoms with E-state index < -0.39 is 0 Å². The number of pyridine rings is 2. The molecule has 114 valence electrons. The fourth-order valence-corrected chi connectivity index (χ4v) is 3.90. The molecule has 2 aliphatic rings. The third kappa shape index (κ3) is 2.68. The van der Waals surface area contributed by atoms with Crippen LogP contribution in [0.2, 0.25) is 0 Å². The smallest absolute Gasteiger partial charge is 0.224 e. The Morgan fingerprint density at radius 1 is 1.23 bits per heavy atom. The van der Waals surface area contributed by atoms with E-state index in [0.29, 0.717) is 24.4 Å². The Kier molecular flexibility index (Phi) is 3.50. The van der Waals surface area contributed by atoms with Crippen molar-refractivity contribution in [3.63, 3.8) is 0 Å². The van der Waals surface area contributed by atoms with Crippen LogP contribution in [0.15, 0.2) is 30.7 Å². The molecule has 0 spiro atoms. The molecular formula is C17H20N4O. The van der Waals surface area contributed by atoms with E-state index in [1.54, 1.807) is 18.6 Å². The van der Waals surface area contributed by atoms with Gasteiger partial charge in [0.15, 0.2) is 0 Å². The van der Waals surface area contributed by atoms with Crippen molar-refractivity contribution < 1.29 is 4.79 Å². The Balaban J connectivity index is 1.45.